The summed E-state index contributed by atoms with van der Waals surface area (Å²) in [5.74, 6) is -0.192. The van der Waals surface area contributed by atoms with Crippen LogP contribution in [0.2, 0.25) is 0 Å². The standard InChI is InChI=1S/C27H27N3O5/c1-3-16-34-22-14-10-21(11-15-22)26(32)28-18-25(31)30-29-17-20-8-12-23(13-9-20)35-27(33)24-7-5-4-6-19(24)2/h4-15,17H,3,16,18H2,1-2H3,(H,28,32)(H,30,31). The average molecular weight is 474 g/mol. The number of amides is 2. The lowest BCUT2D eigenvalue weighted by Gasteiger charge is -2.07. The maximum absolute atomic E-state index is 12.3. The zero-order chi connectivity index (χ0) is 25.0. The molecule has 0 atom stereocenters. The van der Waals surface area contributed by atoms with E-state index in [1.54, 1.807) is 60.7 Å². The molecular formula is C27H27N3O5. The number of nitrogens with zero attached hydrogens (tertiary/aromatic N) is 1. The lowest BCUT2D eigenvalue weighted by atomic mass is 10.1. The molecule has 35 heavy (non-hydrogen) atoms. The SMILES string of the molecule is CCCOc1ccc(C(=O)NCC(=O)NN=Cc2ccc(OC(=O)c3ccccc3C)cc2)cc1. The van der Waals surface area contributed by atoms with Crippen LogP contribution in [0.4, 0.5) is 0 Å². The third kappa shape index (κ3) is 7.82. The van der Waals surface area contributed by atoms with Gasteiger partial charge in [-0.25, -0.2) is 10.2 Å². The highest BCUT2D eigenvalue weighted by Gasteiger charge is 2.11. The number of aryl methyl sites for hydroxylation is 1. The van der Waals surface area contributed by atoms with Crippen LogP contribution in [0.15, 0.2) is 77.9 Å². The molecule has 3 aromatic carbocycles. The number of esters is 1. The fraction of sp³-hybridized carbons (Fsp3) is 0.185. The Bertz CT molecular complexity index is 1190. The van der Waals surface area contributed by atoms with Crippen LogP contribution in [0.1, 0.15) is 45.2 Å². The van der Waals surface area contributed by atoms with Crippen LogP contribution in [-0.4, -0.2) is 37.1 Å². The van der Waals surface area contributed by atoms with Crippen LogP contribution in [0.25, 0.3) is 0 Å². The van der Waals surface area contributed by atoms with E-state index in [0.29, 0.717) is 34.8 Å². The predicted molar refractivity (Wildman–Crippen MR) is 133 cm³/mol. The zero-order valence-electron chi connectivity index (χ0n) is 19.6. The summed E-state index contributed by atoms with van der Waals surface area (Å²) in [6, 6.07) is 20.6. The van der Waals surface area contributed by atoms with Crippen molar-refractivity contribution >= 4 is 24.0 Å². The predicted octanol–water partition coefficient (Wildman–Crippen LogP) is 3.88. The maximum Gasteiger partial charge on any atom is 0.343 e. The number of hydrogen-bond donors (Lipinski definition) is 2. The molecule has 8 nitrogen and oxygen atoms in total. The van der Waals surface area contributed by atoms with Gasteiger partial charge in [-0.1, -0.05) is 25.1 Å². The van der Waals surface area contributed by atoms with E-state index in [9.17, 15) is 14.4 Å². The molecule has 180 valence electrons. The summed E-state index contributed by atoms with van der Waals surface area (Å²) >= 11 is 0. The summed E-state index contributed by atoms with van der Waals surface area (Å²) in [5.41, 5.74) is 4.81. The van der Waals surface area contributed by atoms with E-state index in [0.717, 1.165) is 12.0 Å². The van der Waals surface area contributed by atoms with E-state index in [-0.39, 0.29) is 12.5 Å². The minimum atomic E-state index is -0.471. The van der Waals surface area contributed by atoms with E-state index < -0.39 is 11.9 Å². The molecule has 0 radical (unpaired) electrons. The lowest BCUT2D eigenvalue weighted by molar-refractivity contribution is -0.120. The summed E-state index contributed by atoms with van der Waals surface area (Å²) in [4.78, 5) is 36.4. The quantitative estimate of drug-likeness (QED) is 0.201. The number of nitrogens with one attached hydrogen (secondary N) is 2. The summed E-state index contributed by atoms with van der Waals surface area (Å²) in [6.45, 7) is 4.24. The van der Waals surface area contributed by atoms with Crippen LogP contribution in [0.5, 0.6) is 11.5 Å². The van der Waals surface area contributed by atoms with Gasteiger partial charge in [0.15, 0.2) is 0 Å². The first-order valence-corrected chi connectivity index (χ1v) is 11.2. The van der Waals surface area contributed by atoms with Crippen molar-refractivity contribution in [3.8, 4) is 11.5 Å². The third-order valence-electron chi connectivity index (χ3n) is 4.86. The van der Waals surface area contributed by atoms with Gasteiger partial charge in [0.2, 0.25) is 0 Å². The summed E-state index contributed by atoms with van der Waals surface area (Å²) in [5, 5.41) is 6.42. The molecule has 2 N–H and O–H groups in total. The molecule has 0 fully saturated rings. The van der Waals surface area contributed by atoms with Gasteiger partial charge in [-0.15, -0.1) is 0 Å². The first-order valence-electron chi connectivity index (χ1n) is 11.2. The smallest absolute Gasteiger partial charge is 0.343 e. The van der Waals surface area contributed by atoms with Gasteiger partial charge in [0.1, 0.15) is 11.5 Å². The van der Waals surface area contributed by atoms with Crippen molar-refractivity contribution in [2.75, 3.05) is 13.2 Å². The van der Waals surface area contributed by atoms with Crippen LogP contribution in [0, 0.1) is 6.92 Å². The number of rotatable bonds is 10. The van der Waals surface area contributed by atoms with E-state index in [1.165, 1.54) is 6.21 Å². The number of ether oxygens (including phenoxy) is 2. The Morgan fingerprint density at radius 2 is 1.60 bits per heavy atom. The van der Waals surface area contributed by atoms with Crippen molar-refractivity contribution in [3.05, 3.63) is 95.1 Å². The number of carbonyl (C=O) groups is 3. The molecule has 0 spiro atoms. The fourth-order valence-corrected chi connectivity index (χ4v) is 2.99. The van der Waals surface area contributed by atoms with Gasteiger partial charge in [-0.05, 0) is 79.1 Å². The summed E-state index contributed by atoms with van der Waals surface area (Å²) in [7, 11) is 0. The Labute approximate surface area is 204 Å². The van der Waals surface area contributed by atoms with E-state index >= 15 is 0 Å². The average Bonchev–Trinajstić information content (AvgIpc) is 2.87. The molecule has 0 aliphatic rings. The normalized spacial score (nSPS) is 10.6. The minimum absolute atomic E-state index is 0.224. The Morgan fingerprint density at radius 3 is 2.29 bits per heavy atom. The first-order chi connectivity index (χ1) is 17.0. The van der Waals surface area contributed by atoms with Gasteiger partial charge in [0.05, 0.1) is 24.9 Å². The number of benzene rings is 3. The van der Waals surface area contributed by atoms with Crippen molar-refractivity contribution in [1.82, 2.24) is 10.7 Å². The second-order valence-electron chi connectivity index (χ2n) is 7.62. The lowest BCUT2D eigenvalue weighted by Crippen LogP contribution is -2.34. The highest BCUT2D eigenvalue weighted by molar-refractivity contribution is 5.96. The minimum Gasteiger partial charge on any atom is -0.494 e. The van der Waals surface area contributed by atoms with Gasteiger partial charge in [0.25, 0.3) is 11.8 Å². The molecule has 0 bridgehead atoms. The molecular weight excluding hydrogens is 446 g/mol. The van der Waals surface area contributed by atoms with Gasteiger partial charge in [-0.3, -0.25) is 9.59 Å². The topological polar surface area (TPSA) is 106 Å². The van der Waals surface area contributed by atoms with E-state index in [2.05, 4.69) is 15.8 Å². The molecule has 0 unspecified atom stereocenters. The van der Waals surface area contributed by atoms with Gasteiger partial charge in [0, 0.05) is 5.56 Å². The molecule has 0 saturated heterocycles. The first kappa shape index (κ1) is 25.2. The van der Waals surface area contributed by atoms with Crippen LogP contribution in [-0.2, 0) is 4.79 Å². The Hall–Kier alpha value is -4.46. The van der Waals surface area contributed by atoms with Gasteiger partial charge < -0.3 is 14.8 Å². The number of hydrogen-bond acceptors (Lipinski definition) is 6. The van der Waals surface area contributed by atoms with E-state index in [4.69, 9.17) is 9.47 Å². The highest BCUT2D eigenvalue weighted by atomic mass is 16.5. The second-order valence-corrected chi connectivity index (χ2v) is 7.62. The van der Waals surface area contributed by atoms with E-state index in [1.807, 2.05) is 26.0 Å². The van der Waals surface area contributed by atoms with Crippen molar-refractivity contribution in [3.63, 3.8) is 0 Å². The zero-order valence-corrected chi connectivity index (χ0v) is 19.6. The van der Waals surface area contributed by atoms with Crippen molar-refractivity contribution in [2.24, 2.45) is 5.10 Å². The molecule has 0 saturated carbocycles. The Balaban J connectivity index is 1.42. The largest absolute Gasteiger partial charge is 0.494 e. The van der Waals surface area contributed by atoms with Crippen molar-refractivity contribution in [2.45, 2.75) is 20.3 Å². The van der Waals surface area contributed by atoms with Crippen LogP contribution < -0.4 is 20.2 Å². The van der Waals surface area contributed by atoms with Crippen LogP contribution in [0.3, 0.4) is 0 Å². The Morgan fingerprint density at radius 1 is 0.914 bits per heavy atom. The highest BCUT2D eigenvalue weighted by Crippen LogP contribution is 2.15. The van der Waals surface area contributed by atoms with Gasteiger partial charge >= 0.3 is 5.97 Å². The molecule has 0 aliphatic carbocycles. The van der Waals surface area contributed by atoms with Crippen molar-refractivity contribution < 1.29 is 23.9 Å². The molecule has 0 aliphatic heterocycles. The summed E-state index contributed by atoms with van der Waals surface area (Å²) in [6.07, 6.45) is 2.34. The maximum atomic E-state index is 12.3. The monoisotopic (exact) mass is 473 g/mol. The molecule has 0 aromatic heterocycles. The third-order valence-corrected chi connectivity index (χ3v) is 4.86. The Kier molecular flexibility index (Phi) is 9.13. The number of carbonyl (C=O) groups excluding carboxylic acids is 3. The molecule has 3 aromatic rings. The molecule has 3 rings (SSSR count). The fourth-order valence-electron chi connectivity index (χ4n) is 2.99. The van der Waals surface area contributed by atoms with Crippen LogP contribution >= 0.6 is 0 Å². The summed E-state index contributed by atoms with van der Waals surface area (Å²) < 4.78 is 10.9. The molecule has 2 amide bonds. The van der Waals surface area contributed by atoms with Gasteiger partial charge in [-0.2, -0.15) is 5.10 Å². The number of hydrazone groups is 1. The second kappa shape index (κ2) is 12.7. The molecule has 8 heteroatoms. The molecule has 0 heterocycles. The van der Waals surface area contributed by atoms with Crippen molar-refractivity contribution in [1.29, 1.82) is 0 Å².